The molecule has 0 unspecified atom stereocenters. The second-order valence-corrected chi connectivity index (χ2v) is 5.55. The molecular weight excluding hydrogens is 252 g/mol. The minimum absolute atomic E-state index is 0.727. The number of hydrogen-bond donors (Lipinski definition) is 0. The van der Waals surface area contributed by atoms with Crippen LogP contribution in [-0.4, -0.2) is 27.8 Å². The van der Waals surface area contributed by atoms with Gasteiger partial charge in [0.2, 0.25) is 0 Å². The quantitative estimate of drug-likeness (QED) is 0.767. The number of rotatable bonds is 2. The van der Waals surface area contributed by atoms with Gasteiger partial charge in [0, 0.05) is 23.3 Å². The summed E-state index contributed by atoms with van der Waals surface area (Å²) in [5.41, 5.74) is 2.42. The van der Waals surface area contributed by atoms with Gasteiger partial charge < -0.3 is 0 Å². The molecule has 1 aliphatic rings. The largest absolute Gasteiger partial charge is 0.299 e. The Morgan fingerprint density at radius 3 is 2.73 bits per heavy atom. The monoisotopic (exact) mass is 268 g/mol. The standard InChI is InChI=1S/C12H17BrN2/c1-10-2-3-11(8-14-10)9-15-6-4-12(13)5-7-15/h2-3,8,12H,4-7,9H2,1H3. The predicted molar refractivity (Wildman–Crippen MR) is 66.2 cm³/mol. The summed E-state index contributed by atoms with van der Waals surface area (Å²) in [4.78, 5) is 7.55. The maximum Gasteiger partial charge on any atom is 0.0372 e. The highest BCUT2D eigenvalue weighted by molar-refractivity contribution is 9.09. The average molecular weight is 269 g/mol. The summed E-state index contributed by atoms with van der Waals surface area (Å²) in [6.07, 6.45) is 4.52. The van der Waals surface area contributed by atoms with Gasteiger partial charge in [0.05, 0.1) is 0 Å². The van der Waals surface area contributed by atoms with Crippen LogP contribution in [0.4, 0.5) is 0 Å². The minimum Gasteiger partial charge on any atom is -0.299 e. The van der Waals surface area contributed by atoms with Crippen LogP contribution in [0.5, 0.6) is 0 Å². The van der Waals surface area contributed by atoms with Crippen LogP contribution in [0.1, 0.15) is 24.1 Å². The number of likely N-dealkylation sites (tertiary alicyclic amines) is 1. The Balaban J connectivity index is 1.89. The number of halogens is 1. The molecule has 15 heavy (non-hydrogen) atoms. The molecule has 0 atom stereocenters. The van der Waals surface area contributed by atoms with Crippen LogP contribution in [0.2, 0.25) is 0 Å². The van der Waals surface area contributed by atoms with Gasteiger partial charge in [-0.1, -0.05) is 22.0 Å². The second-order valence-electron chi connectivity index (χ2n) is 4.26. The van der Waals surface area contributed by atoms with E-state index in [0.29, 0.717) is 0 Å². The lowest BCUT2D eigenvalue weighted by Gasteiger charge is -2.29. The molecule has 3 heteroatoms. The van der Waals surface area contributed by atoms with Gasteiger partial charge in [0.25, 0.3) is 0 Å². The third-order valence-corrected chi connectivity index (χ3v) is 3.81. The molecule has 0 saturated carbocycles. The molecule has 1 aliphatic heterocycles. The van der Waals surface area contributed by atoms with E-state index >= 15 is 0 Å². The third kappa shape index (κ3) is 3.28. The van der Waals surface area contributed by atoms with Crippen LogP contribution in [0.25, 0.3) is 0 Å². The molecule has 1 aromatic rings. The number of pyridine rings is 1. The lowest BCUT2D eigenvalue weighted by atomic mass is 10.1. The van der Waals surface area contributed by atoms with Crippen molar-refractivity contribution < 1.29 is 0 Å². The van der Waals surface area contributed by atoms with E-state index in [2.05, 4.69) is 37.9 Å². The van der Waals surface area contributed by atoms with Crippen LogP contribution in [0, 0.1) is 6.92 Å². The maximum atomic E-state index is 4.32. The van der Waals surface area contributed by atoms with Crippen molar-refractivity contribution in [2.45, 2.75) is 31.1 Å². The Labute approximate surface area is 99.8 Å². The van der Waals surface area contributed by atoms with Crippen LogP contribution in [-0.2, 0) is 6.54 Å². The number of alkyl halides is 1. The molecule has 0 bridgehead atoms. The summed E-state index contributed by atoms with van der Waals surface area (Å²) in [6.45, 7) is 5.47. The normalized spacial score (nSPS) is 19.3. The molecule has 1 saturated heterocycles. The molecule has 82 valence electrons. The van der Waals surface area contributed by atoms with E-state index in [0.717, 1.165) is 17.1 Å². The van der Waals surface area contributed by atoms with E-state index in [-0.39, 0.29) is 0 Å². The van der Waals surface area contributed by atoms with Crippen molar-refractivity contribution in [3.63, 3.8) is 0 Å². The zero-order valence-electron chi connectivity index (χ0n) is 9.12. The van der Waals surface area contributed by atoms with Gasteiger partial charge in [-0.2, -0.15) is 0 Å². The topological polar surface area (TPSA) is 16.1 Å². The zero-order valence-corrected chi connectivity index (χ0v) is 10.7. The van der Waals surface area contributed by atoms with Gasteiger partial charge >= 0.3 is 0 Å². The van der Waals surface area contributed by atoms with Gasteiger partial charge in [-0.3, -0.25) is 9.88 Å². The van der Waals surface area contributed by atoms with Crippen molar-refractivity contribution in [2.24, 2.45) is 0 Å². The SMILES string of the molecule is Cc1ccc(CN2CCC(Br)CC2)cn1. The average Bonchev–Trinajstić information content (AvgIpc) is 2.25. The highest BCUT2D eigenvalue weighted by Gasteiger charge is 2.16. The fourth-order valence-corrected chi connectivity index (χ4v) is 2.32. The Morgan fingerprint density at radius 1 is 1.40 bits per heavy atom. The molecule has 2 nitrogen and oxygen atoms in total. The summed E-state index contributed by atoms with van der Waals surface area (Å²) >= 11 is 3.67. The smallest absolute Gasteiger partial charge is 0.0372 e. The van der Waals surface area contributed by atoms with Crippen molar-refractivity contribution in [3.8, 4) is 0 Å². The number of nitrogens with zero attached hydrogens (tertiary/aromatic N) is 2. The first kappa shape index (κ1) is 11.1. The minimum atomic E-state index is 0.727. The number of piperidine rings is 1. The van der Waals surface area contributed by atoms with Crippen LogP contribution < -0.4 is 0 Å². The summed E-state index contributed by atoms with van der Waals surface area (Å²) in [5, 5.41) is 0. The molecule has 0 amide bonds. The van der Waals surface area contributed by atoms with Gasteiger partial charge in [-0.15, -0.1) is 0 Å². The fraction of sp³-hybridized carbons (Fsp3) is 0.583. The highest BCUT2D eigenvalue weighted by atomic mass is 79.9. The molecule has 0 aliphatic carbocycles. The van der Waals surface area contributed by atoms with E-state index in [1.54, 1.807) is 0 Å². The fourth-order valence-electron chi connectivity index (χ4n) is 1.91. The molecule has 1 fully saturated rings. The third-order valence-electron chi connectivity index (χ3n) is 2.90. The van der Waals surface area contributed by atoms with E-state index in [1.807, 2.05) is 13.1 Å². The first-order valence-electron chi connectivity index (χ1n) is 5.52. The molecule has 0 radical (unpaired) electrons. The Kier molecular flexibility index (Phi) is 3.76. The molecule has 0 N–H and O–H groups in total. The predicted octanol–water partition coefficient (Wildman–Crippen LogP) is 2.75. The lowest BCUT2D eigenvalue weighted by molar-refractivity contribution is 0.226. The van der Waals surface area contributed by atoms with Crippen LogP contribution in [0.3, 0.4) is 0 Å². The Hall–Kier alpha value is -0.410. The van der Waals surface area contributed by atoms with Gasteiger partial charge in [0.1, 0.15) is 0 Å². The van der Waals surface area contributed by atoms with Gasteiger partial charge in [-0.05, 0) is 44.5 Å². The maximum absolute atomic E-state index is 4.32. The molecule has 2 heterocycles. The van der Waals surface area contributed by atoms with Crippen molar-refractivity contribution in [2.75, 3.05) is 13.1 Å². The number of aryl methyl sites for hydroxylation is 1. The van der Waals surface area contributed by atoms with E-state index in [9.17, 15) is 0 Å². The van der Waals surface area contributed by atoms with Crippen molar-refractivity contribution in [1.82, 2.24) is 9.88 Å². The van der Waals surface area contributed by atoms with Gasteiger partial charge in [0.15, 0.2) is 0 Å². The zero-order chi connectivity index (χ0) is 10.7. The Bertz CT molecular complexity index is 302. The molecule has 2 rings (SSSR count). The summed E-state index contributed by atoms with van der Waals surface area (Å²) in [7, 11) is 0. The van der Waals surface area contributed by atoms with Crippen LogP contribution in [0.15, 0.2) is 18.3 Å². The Morgan fingerprint density at radius 2 is 2.13 bits per heavy atom. The summed E-state index contributed by atoms with van der Waals surface area (Å²) in [6, 6.07) is 4.27. The highest BCUT2D eigenvalue weighted by Crippen LogP contribution is 2.18. The number of aromatic nitrogens is 1. The van der Waals surface area contributed by atoms with Crippen molar-refractivity contribution in [3.05, 3.63) is 29.6 Å². The molecule has 1 aromatic heterocycles. The van der Waals surface area contributed by atoms with E-state index in [1.165, 1.54) is 31.5 Å². The van der Waals surface area contributed by atoms with Gasteiger partial charge in [-0.25, -0.2) is 0 Å². The van der Waals surface area contributed by atoms with Crippen LogP contribution >= 0.6 is 15.9 Å². The first-order chi connectivity index (χ1) is 7.24. The first-order valence-corrected chi connectivity index (χ1v) is 6.43. The lowest BCUT2D eigenvalue weighted by Crippen LogP contribution is -2.33. The summed E-state index contributed by atoms with van der Waals surface area (Å²) < 4.78 is 0. The number of hydrogen-bond acceptors (Lipinski definition) is 2. The van der Waals surface area contributed by atoms with Crippen molar-refractivity contribution >= 4 is 15.9 Å². The molecule has 0 spiro atoms. The molecular formula is C12H17BrN2. The second kappa shape index (κ2) is 5.08. The van der Waals surface area contributed by atoms with E-state index < -0.39 is 0 Å². The van der Waals surface area contributed by atoms with E-state index in [4.69, 9.17) is 0 Å². The summed E-state index contributed by atoms with van der Waals surface area (Å²) in [5.74, 6) is 0. The van der Waals surface area contributed by atoms with Crippen molar-refractivity contribution in [1.29, 1.82) is 0 Å². The molecule has 0 aromatic carbocycles.